The van der Waals surface area contributed by atoms with Crippen LogP contribution in [-0.4, -0.2) is 39.4 Å². The number of methoxy groups -OCH3 is 1. The summed E-state index contributed by atoms with van der Waals surface area (Å²) in [5, 5.41) is 14.4. The van der Waals surface area contributed by atoms with E-state index in [1.165, 1.54) is 11.8 Å². The van der Waals surface area contributed by atoms with Crippen molar-refractivity contribution in [3.63, 3.8) is 0 Å². The topological polar surface area (TPSA) is 98.1 Å². The minimum absolute atomic E-state index is 0.0889. The molecule has 0 fully saturated rings. The Morgan fingerprint density at radius 1 is 1.07 bits per heavy atom. The van der Waals surface area contributed by atoms with Gasteiger partial charge in [0.25, 0.3) is 0 Å². The maximum Gasteiger partial charge on any atom is 0.234 e. The van der Waals surface area contributed by atoms with Crippen LogP contribution in [0.3, 0.4) is 0 Å². The molecular weight excluding hydrogens is 402 g/mol. The second-order valence-corrected chi connectivity index (χ2v) is 7.53. The van der Waals surface area contributed by atoms with Gasteiger partial charge in [0, 0.05) is 12.7 Å². The number of aromatic nitrogens is 3. The molecule has 30 heavy (non-hydrogen) atoms. The quantitative estimate of drug-likeness (QED) is 0.539. The van der Waals surface area contributed by atoms with E-state index in [1.54, 1.807) is 18.7 Å². The van der Waals surface area contributed by atoms with Crippen molar-refractivity contribution in [1.82, 2.24) is 14.8 Å². The lowest BCUT2D eigenvalue weighted by Gasteiger charge is -2.11. The molecule has 1 heterocycles. The number of thioether (sulfide) groups is 1. The fourth-order valence-electron chi connectivity index (χ4n) is 2.73. The van der Waals surface area contributed by atoms with Crippen LogP contribution in [0.15, 0.2) is 53.7 Å². The van der Waals surface area contributed by atoms with Gasteiger partial charge in [-0.3, -0.25) is 9.59 Å². The maximum atomic E-state index is 12.4. The van der Waals surface area contributed by atoms with Crippen LogP contribution < -0.4 is 15.4 Å². The molecule has 0 bridgehead atoms. The van der Waals surface area contributed by atoms with Gasteiger partial charge in [-0.05, 0) is 36.8 Å². The number of carbonyl (C=O) groups is 2. The Kier molecular flexibility index (Phi) is 7.08. The number of carbonyl (C=O) groups excluding carboxylic acids is 2. The number of nitrogens with zero attached hydrogens (tertiary/aromatic N) is 3. The Hall–Kier alpha value is -3.33. The first kappa shape index (κ1) is 21.4. The Bertz CT molecular complexity index is 1040. The smallest absolute Gasteiger partial charge is 0.234 e. The van der Waals surface area contributed by atoms with E-state index in [4.69, 9.17) is 4.74 Å². The van der Waals surface area contributed by atoms with Crippen molar-refractivity contribution in [1.29, 1.82) is 0 Å². The summed E-state index contributed by atoms with van der Waals surface area (Å²) in [6, 6.07) is 14.8. The summed E-state index contributed by atoms with van der Waals surface area (Å²) in [4.78, 5) is 24.6. The Morgan fingerprint density at radius 2 is 1.83 bits per heavy atom. The van der Waals surface area contributed by atoms with Crippen LogP contribution in [0.25, 0.3) is 0 Å². The summed E-state index contributed by atoms with van der Waals surface area (Å²) in [6.45, 7) is 1.94. The van der Waals surface area contributed by atoms with E-state index in [2.05, 4.69) is 20.8 Å². The van der Waals surface area contributed by atoms with Gasteiger partial charge in [0.2, 0.25) is 11.8 Å². The summed E-state index contributed by atoms with van der Waals surface area (Å²) in [5.74, 6) is 0.906. The number of rotatable bonds is 8. The largest absolute Gasteiger partial charge is 0.495 e. The summed E-state index contributed by atoms with van der Waals surface area (Å²) in [5.41, 5.74) is 2.37. The molecule has 1 aromatic heterocycles. The minimum atomic E-state index is -0.185. The van der Waals surface area contributed by atoms with E-state index in [9.17, 15) is 9.59 Å². The maximum absolute atomic E-state index is 12.4. The first-order valence-electron chi connectivity index (χ1n) is 9.26. The molecule has 0 saturated carbocycles. The lowest BCUT2D eigenvalue weighted by Crippen LogP contribution is -2.17. The molecule has 2 amide bonds. The molecule has 2 N–H and O–H groups in total. The van der Waals surface area contributed by atoms with Gasteiger partial charge >= 0.3 is 0 Å². The molecular formula is C21H23N5O3S. The van der Waals surface area contributed by atoms with Crippen LogP contribution in [0.1, 0.15) is 11.4 Å². The van der Waals surface area contributed by atoms with E-state index < -0.39 is 0 Å². The number of anilines is 2. The number of hydrogen-bond acceptors (Lipinski definition) is 6. The van der Waals surface area contributed by atoms with E-state index in [0.717, 1.165) is 11.3 Å². The van der Waals surface area contributed by atoms with Crippen LogP contribution >= 0.6 is 11.8 Å². The molecule has 0 radical (unpaired) electrons. The van der Waals surface area contributed by atoms with Gasteiger partial charge < -0.3 is 19.9 Å². The molecule has 0 saturated heterocycles. The van der Waals surface area contributed by atoms with Gasteiger partial charge in [-0.15, -0.1) is 10.2 Å². The van der Waals surface area contributed by atoms with E-state index in [1.807, 2.05) is 55.5 Å². The minimum Gasteiger partial charge on any atom is -0.495 e. The van der Waals surface area contributed by atoms with Crippen molar-refractivity contribution in [2.45, 2.75) is 18.5 Å². The first-order valence-corrected chi connectivity index (χ1v) is 10.3. The van der Waals surface area contributed by atoms with Crippen molar-refractivity contribution in [2.24, 2.45) is 7.05 Å². The van der Waals surface area contributed by atoms with Crippen LogP contribution in [0.4, 0.5) is 11.4 Å². The fourth-order valence-corrected chi connectivity index (χ4v) is 3.46. The van der Waals surface area contributed by atoms with Gasteiger partial charge in [0.1, 0.15) is 11.6 Å². The standard InChI is InChI=1S/C21H23N5O3S/c1-14-9-10-17(29-3)16(11-14)23-20(28)13-30-21-25-24-18(26(21)2)12-19(27)22-15-7-5-4-6-8-15/h4-11H,12-13H2,1-3H3,(H,22,27)(H,23,28). The normalized spacial score (nSPS) is 10.5. The van der Waals surface area contributed by atoms with Crippen molar-refractivity contribution in [3.8, 4) is 5.75 Å². The highest BCUT2D eigenvalue weighted by Crippen LogP contribution is 2.26. The number of amides is 2. The van der Waals surface area contributed by atoms with Crippen LogP contribution in [0.2, 0.25) is 0 Å². The van der Waals surface area contributed by atoms with Gasteiger partial charge in [-0.2, -0.15) is 0 Å². The first-order chi connectivity index (χ1) is 14.5. The highest BCUT2D eigenvalue weighted by atomic mass is 32.2. The van der Waals surface area contributed by atoms with Crippen molar-refractivity contribution >= 4 is 35.0 Å². The third kappa shape index (κ3) is 5.60. The number of aryl methyl sites for hydroxylation is 1. The summed E-state index contributed by atoms with van der Waals surface area (Å²) >= 11 is 1.25. The van der Waals surface area contributed by atoms with Gasteiger partial charge in [-0.1, -0.05) is 36.0 Å². The molecule has 0 spiro atoms. The van der Waals surface area contributed by atoms with E-state index in [0.29, 0.717) is 22.4 Å². The SMILES string of the molecule is COc1ccc(C)cc1NC(=O)CSc1nnc(CC(=O)Nc2ccccc2)n1C. The molecule has 0 atom stereocenters. The molecule has 0 aliphatic carbocycles. The fraction of sp³-hybridized carbons (Fsp3) is 0.238. The number of hydrogen-bond donors (Lipinski definition) is 2. The summed E-state index contributed by atoms with van der Waals surface area (Å²) in [6.07, 6.45) is 0.0889. The number of ether oxygens (including phenoxy) is 1. The lowest BCUT2D eigenvalue weighted by molar-refractivity contribution is -0.116. The van der Waals surface area contributed by atoms with Gasteiger partial charge in [0.05, 0.1) is 25.0 Å². The predicted molar refractivity (Wildman–Crippen MR) is 117 cm³/mol. The summed E-state index contributed by atoms with van der Waals surface area (Å²) in [7, 11) is 3.33. The van der Waals surface area contributed by atoms with E-state index >= 15 is 0 Å². The third-order valence-corrected chi connectivity index (χ3v) is 5.28. The second-order valence-electron chi connectivity index (χ2n) is 6.59. The predicted octanol–water partition coefficient (Wildman–Crippen LogP) is 3.04. The molecule has 2 aromatic carbocycles. The van der Waals surface area contributed by atoms with Gasteiger partial charge in [-0.25, -0.2) is 0 Å². The van der Waals surface area contributed by atoms with Crippen molar-refractivity contribution < 1.29 is 14.3 Å². The van der Waals surface area contributed by atoms with Crippen LogP contribution in [0.5, 0.6) is 5.75 Å². The molecule has 8 nitrogen and oxygen atoms in total. The number of para-hydroxylation sites is 1. The zero-order valence-corrected chi connectivity index (χ0v) is 17.8. The molecule has 3 aromatic rings. The molecule has 0 unspecified atom stereocenters. The zero-order valence-electron chi connectivity index (χ0n) is 17.0. The summed E-state index contributed by atoms with van der Waals surface area (Å²) < 4.78 is 7.00. The Balaban J connectivity index is 1.55. The molecule has 9 heteroatoms. The van der Waals surface area contributed by atoms with Gasteiger partial charge in [0.15, 0.2) is 5.16 Å². The monoisotopic (exact) mass is 425 g/mol. The highest BCUT2D eigenvalue weighted by Gasteiger charge is 2.15. The lowest BCUT2D eigenvalue weighted by atomic mass is 10.2. The molecule has 0 aliphatic rings. The van der Waals surface area contributed by atoms with E-state index in [-0.39, 0.29) is 24.0 Å². The average Bonchev–Trinajstić information content (AvgIpc) is 3.06. The average molecular weight is 426 g/mol. The van der Waals surface area contributed by atoms with Crippen LogP contribution in [-0.2, 0) is 23.1 Å². The third-order valence-electron chi connectivity index (χ3n) is 4.26. The van der Waals surface area contributed by atoms with Crippen molar-refractivity contribution in [2.75, 3.05) is 23.5 Å². The molecule has 156 valence electrons. The highest BCUT2D eigenvalue weighted by molar-refractivity contribution is 7.99. The van der Waals surface area contributed by atoms with Crippen LogP contribution in [0, 0.1) is 6.92 Å². The zero-order chi connectivity index (χ0) is 21.5. The molecule has 0 aliphatic heterocycles. The number of benzene rings is 2. The Labute approximate surface area is 179 Å². The second kappa shape index (κ2) is 9.93. The number of nitrogens with one attached hydrogen (secondary N) is 2. The van der Waals surface area contributed by atoms with Crippen molar-refractivity contribution in [3.05, 3.63) is 59.9 Å². The Morgan fingerprint density at radius 3 is 2.57 bits per heavy atom. The molecule has 3 rings (SSSR count).